The van der Waals surface area contributed by atoms with Gasteiger partial charge in [-0.15, -0.1) is 0 Å². The smallest absolute Gasteiger partial charge is 0.341 e. The molecule has 110 valence electrons. The molecule has 0 radical (unpaired) electrons. The van der Waals surface area contributed by atoms with Crippen LogP contribution in [0.25, 0.3) is 0 Å². The van der Waals surface area contributed by atoms with Crippen LogP contribution in [0, 0.1) is 11.8 Å². The first-order valence-corrected chi connectivity index (χ1v) is 6.69. The first-order valence-electron chi connectivity index (χ1n) is 6.69. The molecule has 2 unspecified atom stereocenters. The topological polar surface area (TPSA) is 75.6 Å². The van der Waals surface area contributed by atoms with Gasteiger partial charge in [-0.3, -0.25) is 4.79 Å². The molecule has 0 spiro atoms. The minimum Gasteiger partial charge on any atom is -0.482 e. The number of hydrogen-bond acceptors (Lipinski definition) is 3. The van der Waals surface area contributed by atoms with Gasteiger partial charge in [-0.25, -0.2) is 4.79 Å². The van der Waals surface area contributed by atoms with Crippen molar-refractivity contribution in [2.75, 3.05) is 11.9 Å². The van der Waals surface area contributed by atoms with Crippen LogP contribution in [-0.4, -0.2) is 23.6 Å². The normalized spacial score (nSPS) is 13.3. The molecule has 0 aliphatic heterocycles. The largest absolute Gasteiger partial charge is 0.482 e. The van der Waals surface area contributed by atoms with Gasteiger partial charge in [0, 0.05) is 17.7 Å². The maximum atomic E-state index is 12.0. The van der Waals surface area contributed by atoms with E-state index in [0.29, 0.717) is 17.4 Å². The number of hydrogen-bond donors (Lipinski definition) is 2. The number of rotatable bonds is 7. The molecule has 1 aromatic carbocycles. The second-order valence-corrected chi connectivity index (χ2v) is 4.87. The molecule has 1 amide bonds. The summed E-state index contributed by atoms with van der Waals surface area (Å²) in [5.41, 5.74) is 0.605. The Bertz CT molecular complexity index is 473. The molecule has 2 atom stereocenters. The first kappa shape index (κ1) is 16.0. The van der Waals surface area contributed by atoms with Crippen LogP contribution in [0.15, 0.2) is 24.3 Å². The summed E-state index contributed by atoms with van der Waals surface area (Å²) < 4.78 is 5.07. The number of benzene rings is 1. The van der Waals surface area contributed by atoms with E-state index >= 15 is 0 Å². The molecule has 0 aliphatic carbocycles. The lowest BCUT2D eigenvalue weighted by Gasteiger charge is -2.18. The highest BCUT2D eigenvalue weighted by Crippen LogP contribution is 2.20. The predicted molar refractivity (Wildman–Crippen MR) is 76.8 cm³/mol. The van der Waals surface area contributed by atoms with Crippen LogP contribution in [0.3, 0.4) is 0 Å². The quantitative estimate of drug-likeness (QED) is 0.804. The second-order valence-electron chi connectivity index (χ2n) is 4.87. The first-order chi connectivity index (χ1) is 9.43. The van der Waals surface area contributed by atoms with Crippen molar-refractivity contribution >= 4 is 17.6 Å². The van der Waals surface area contributed by atoms with Gasteiger partial charge in [0.2, 0.25) is 5.91 Å². The predicted octanol–water partition coefficient (Wildman–Crippen LogP) is 2.77. The highest BCUT2D eigenvalue weighted by molar-refractivity contribution is 5.92. The lowest BCUT2D eigenvalue weighted by Crippen LogP contribution is -2.25. The molecule has 0 saturated carbocycles. The molecule has 20 heavy (non-hydrogen) atoms. The standard InChI is InChI=1S/C15H21NO4/c1-4-10(2)11(3)15(19)16-12-6-5-7-13(8-12)20-9-14(17)18/h5-8,10-11H,4,9H2,1-3H3,(H,16,19)(H,17,18). The van der Waals surface area contributed by atoms with Crippen LogP contribution < -0.4 is 10.1 Å². The zero-order chi connectivity index (χ0) is 15.1. The number of ether oxygens (including phenoxy) is 1. The maximum Gasteiger partial charge on any atom is 0.341 e. The van der Waals surface area contributed by atoms with Crippen molar-refractivity contribution in [1.29, 1.82) is 0 Å². The number of carboxylic acids is 1. The van der Waals surface area contributed by atoms with Crippen molar-refractivity contribution in [1.82, 2.24) is 0 Å². The highest BCUT2D eigenvalue weighted by Gasteiger charge is 2.18. The fraction of sp³-hybridized carbons (Fsp3) is 0.467. The Balaban J connectivity index is 2.66. The summed E-state index contributed by atoms with van der Waals surface area (Å²) in [7, 11) is 0. The molecule has 0 aliphatic rings. The summed E-state index contributed by atoms with van der Waals surface area (Å²) in [5, 5.41) is 11.4. The van der Waals surface area contributed by atoms with Gasteiger partial charge in [-0.1, -0.05) is 33.3 Å². The Morgan fingerprint density at radius 1 is 1.35 bits per heavy atom. The lowest BCUT2D eigenvalue weighted by molar-refractivity contribution is -0.139. The van der Waals surface area contributed by atoms with Gasteiger partial charge in [0.05, 0.1) is 0 Å². The number of aliphatic carboxylic acids is 1. The zero-order valence-corrected chi connectivity index (χ0v) is 12.1. The maximum absolute atomic E-state index is 12.0. The number of amides is 1. The average molecular weight is 279 g/mol. The van der Waals surface area contributed by atoms with Gasteiger partial charge in [0.15, 0.2) is 6.61 Å². The van der Waals surface area contributed by atoms with E-state index in [1.54, 1.807) is 24.3 Å². The van der Waals surface area contributed by atoms with Gasteiger partial charge in [0.25, 0.3) is 0 Å². The SMILES string of the molecule is CCC(C)C(C)C(=O)Nc1cccc(OCC(=O)O)c1. The van der Waals surface area contributed by atoms with Crippen molar-refractivity contribution in [3.05, 3.63) is 24.3 Å². The summed E-state index contributed by atoms with van der Waals surface area (Å²) >= 11 is 0. The monoisotopic (exact) mass is 279 g/mol. The Hall–Kier alpha value is -2.04. The van der Waals surface area contributed by atoms with Crippen LogP contribution in [0.4, 0.5) is 5.69 Å². The Morgan fingerprint density at radius 2 is 2.05 bits per heavy atom. The number of anilines is 1. The van der Waals surface area contributed by atoms with Crippen LogP contribution in [0.2, 0.25) is 0 Å². The summed E-state index contributed by atoms with van der Waals surface area (Å²) in [6.07, 6.45) is 0.941. The van der Waals surface area contributed by atoms with Crippen molar-refractivity contribution in [2.24, 2.45) is 11.8 Å². The molecule has 0 saturated heterocycles. The number of carbonyl (C=O) groups is 2. The van der Waals surface area contributed by atoms with Crippen molar-refractivity contribution < 1.29 is 19.4 Å². The molecule has 0 bridgehead atoms. The molecule has 1 aromatic rings. The Morgan fingerprint density at radius 3 is 2.65 bits per heavy atom. The second kappa shape index (κ2) is 7.53. The molecule has 1 rings (SSSR count). The average Bonchev–Trinajstić information content (AvgIpc) is 2.43. The van der Waals surface area contributed by atoms with Gasteiger partial charge < -0.3 is 15.2 Å². The molecular formula is C15H21NO4. The minimum absolute atomic E-state index is 0.0465. The molecule has 0 aromatic heterocycles. The number of carboxylic acid groups (broad SMARTS) is 1. The number of carbonyl (C=O) groups excluding carboxylic acids is 1. The highest BCUT2D eigenvalue weighted by atomic mass is 16.5. The third-order valence-corrected chi connectivity index (χ3v) is 3.37. The van der Waals surface area contributed by atoms with Crippen LogP contribution in [0.1, 0.15) is 27.2 Å². The van der Waals surface area contributed by atoms with Gasteiger partial charge in [-0.2, -0.15) is 0 Å². The summed E-state index contributed by atoms with van der Waals surface area (Å²) in [5.74, 6) is -0.439. The summed E-state index contributed by atoms with van der Waals surface area (Å²) in [6, 6.07) is 6.72. The van der Waals surface area contributed by atoms with E-state index in [4.69, 9.17) is 9.84 Å². The van der Waals surface area contributed by atoms with E-state index < -0.39 is 12.6 Å². The molecule has 5 heteroatoms. The van der Waals surface area contributed by atoms with E-state index in [1.807, 2.05) is 13.8 Å². The van der Waals surface area contributed by atoms with Crippen LogP contribution in [0.5, 0.6) is 5.75 Å². The molecule has 0 fully saturated rings. The fourth-order valence-electron chi connectivity index (χ4n) is 1.68. The lowest BCUT2D eigenvalue weighted by atomic mass is 9.93. The van der Waals surface area contributed by atoms with Crippen LogP contribution in [-0.2, 0) is 9.59 Å². The van der Waals surface area contributed by atoms with E-state index in [2.05, 4.69) is 12.2 Å². The Kier molecular flexibility index (Phi) is 6.03. The molecule has 0 heterocycles. The van der Waals surface area contributed by atoms with Crippen molar-refractivity contribution in [2.45, 2.75) is 27.2 Å². The molecular weight excluding hydrogens is 258 g/mol. The third kappa shape index (κ3) is 4.91. The molecule has 2 N–H and O–H groups in total. The van der Waals surface area contributed by atoms with E-state index in [1.165, 1.54) is 0 Å². The summed E-state index contributed by atoms with van der Waals surface area (Å²) in [6.45, 7) is 5.58. The van der Waals surface area contributed by atoms with Gasteiger partial charge in [0.1, 0.15) is 5.75 Å². The van der Waals surface area contributed by atoms with Gasteiger partial charge in [-0.05, 0) is 18.1 Å². The molecule has 5 nitrogen and oxygen atoms in total. The fourth-order valence-corrected chi connectivity index (χ4v) is 1.68. The van der Waals surface area contributed by atoms with E-state index in [0.717, 1.165) is 6.42 Å². The minimum atomic E-state index is -1.04. The van der Waals surface area contributed by atoms with E-state index in [9.17, 15) is 9.59 Å². The summed E-state index contributed by atoms with van der Waals surface area (Å²) in [4.78, 5) is 22.5. The van der Waals surface area contributed by atoms with Crippen LogP contribution >= 0.6 is 0 Å². The van der Waals surface area contributed by atoms with E-state index in [-0.39, 0.29) is 11.8 Å². The zero-order valence-electron chi connectivity index (χ0n) is 12.1. The Labute approximate surface area is 118 Å². The van der Waals surface area contributed by atoms with Crippen molar-refractivity contribution in [3.63, 3.8) is 0 Å². The van der Waals surface area contributed by atoms with Crippen molar-refractivity contribution in [3.8, 4) is 5.75 Å². The van der Waals surface area contributed by atoms with Gasteiger partial charge >= 0.3 is 5.97 Å². The number of nitrogens with one attached hydrogen (secondary N) is 1. The third-order valence-electron chi connectivity index (χ3n) is 3.37.